The number of hydrogen-bond donors (Lipinski definition) is 1. The van der Waals surface area contributed by atoms with Crippen LogP contribution >= 0.6 is 0 Å². The molecule has 1 amide bonds. The lowest BCUT2D eigenvalue weighted by molar-refractivity contribution is -0.121. The first-order valence-electron chi connectivity index (χ1n) is 10.3. The van der Waals surface area contributed by atoms with Gasteiger partial charge in [0.05, 0.1) is 5.92 Å². The smallest absolute Gasteiger partial charge is 0.285 e. The van der Waals surface area contributed by atoms with Crippen LogP contribution in [-0.4, -0.2) is 38.2 Å². The molecule has 30 heavy (non-hydrogen) atoms. The van der Waals surface area contributed by atoms with Crippen LogP contribution < -0.4 is 5.32 Å². The number of anilines is 1. The van der Waals surface area contributed by atoms with Crippen LogP contribution in [0, 0.1) is 5.92 Å². The van der Waals surface area contributed by atoms with Crippen molar-refractivity contribution in [1.29, 1.82) is 0 Å². The van der Waals surface area contributed by atoms with Crippen LogP contribution in [0.4, 0.5) is 5.69 Å². The first-order chi connectivity index (χ1) is 14.2. The molecule has 4 rings (SSSR count). The molecule has 0 aliphatic carbocycles. The Morgan fingerprint density at radius 1 is 1.10 bits per heavy atom. The van der Waals surface area contributed by atoms with E-state index in [1.807, 2.05) is 35.2 Å². The Labute approximate surface area is 178 Å². The van der Waals surface area contributed by atoms with Crippen LogP contribution in [0.3, 0.4) is 0 Å². The topological polar surface area (TPSA) is 78.8 Å². The molecule has 0 saturated carbocycles. The van der Waals surface area contributed by atoms with Crippen molar-refractivity contribution in [2.24, 2.45) is 10.3 Å². The first-order valence-corrected chi connectivity index (χ1v) is 11.7. The zero-order valence-corrected chi connectivity index (χ0v) is 18.4. The zero-order valence-electron chi connectivity index (χ0n) is 17.6. The maximum absolute atomic E-state index is 13.1. The Morgan fingerprint density at radius 2 is 1.80 bits per heavy atom. The number of amides is 1. The fourth-order valence-corrected chi connectivity index (χ4v) is 5.41. The molecule has 1 atom stereocenters. The Hall–Kier alpha value is -2.67. The van der Waals surface area contributed by atoms with Crippen molar-refractivity contribution in [2.45, 2.75) is 43.9 Å². The molecule has 0 bridgehead atoms. The minimum Gasteiger partial charge on any atom is -0.355 e. The molecule has 2 aliphatic heterocycles. The van der Waals surface area contributed by atoms with E-state index in [9.17, 15) is 13.2 Å². The molecule has 1 fully saturated rings. The molecule has 2 aromatic rings. The molecule has 1 N–H and O–H groups in total. The highest BCUT2D eigenvalue weighted by Gasteiger charge is 2.35. The number of piperidine rings is 1. The van der Waals surface area contributed by atoms with Gasteiger partial charge in [0.2, 0.25) is 5.91 Å². The van der Waals surface area contributed by atoms with Gasteiger partial charge < -0.3 is 10.2 Å². The summed E-state index contributed by atoms with van der Waals surface area (Å²) in [6.45, 7) is 7.50. The summed E-state index contributed by atoms with van der Waals surface area (Å²) >= 11 is 0. The summed E-state index contributed by atoms with van der Waals surface area (Å²) in [5, 5.41) is 3.11. The van der Waals surface area contributed by atoms with E-state index in [0.29, 0.717) is 24.5 Å². The van der Waals surface area contributed by atoms with Crippen molar-refractivity contribution < 1.29 is 13.2 Å². The molecular weight excluding hydrogens is 398 g/mol. The minimum absolute atomic E-state index is 0.0360. The van der Waals surface area contributed by atoms with E-state index < -0.39 is 10.0 Å². The number of nitrogens with zero attached hydrogens (tertiary/aromatic N) is 2. The van der Waals surface area contributed by atoms with Gasteiger partial charge in [0.15, 0.2) is 5.84 Å². The van der Waals surface area contributed by atoms with Gasteiger partial charge in [-0.1, -0.05) is 51.1 Å². The largest absolute Gasteiger partial charge is 0.355 e. The van der Waals surface area contributed by atoms with Gasteiger partial charge in [-0.05, 0) is 42.0 Å². The summed E-state index contributed by atoms with van der Waals surface area (Å²) in [6.07, 6.45) is 1.57. The number of benzene rings is 2. The second-order valence-corrected chi connectivity index (χ2v) is 10.5. The highest BCUT2D eigenvalue weighted by molar-refractivity contribution is 7.90. The Morgan fingerprint density at radius 3 is 2.57 bits per heavy atom. The van der Waals surface area contributed by atoms with Crippen molar-refractivity contribution in [3.63, 3.8) is 0 Å². The summed E-state index contributed by atoms with van der Waals surface area (Å²) in [5.74, 6) is 0.189. The lowest BCUT2D eigenvalue weighted by Gasteiger charge is -2.33. The number of para-hydroxylation sites is 1. The van der Waals surface area contributed by atoms with Gasteiger partial charge >= 0.3 is 0 Å². The third kappa shape index (κ3) is 3.86. The number of fused-ring (bicyclic) bond motifs is 1. The van der Waals surface area contributed by atoms with Gasteiger partial charge in [-0.3, -0.25) is 4.79 Å². The van der Waals surface area contributed by atoms with Gasteiger partial charge in [-0.2, -0.15) is 8.42 Å². The van der Waals surface area contributed by atoms with Gasteiger partial charge in [-0.25, -0.2) is 0 Å². The van der Waals surface area contributed by atoms with E-state index >= 15 is 0 Å². The lowest BCUT2D eigenvalue weighted by Crippen LogP contribution is -2.43. The quantitative estimate of drug-likeness (QED) is 0.794. The number of carbonyl (C=O) groups is 1. The summed E-state index contributed by atoms with van der Waals surface area (Å²) in [5.41, 5.74) is 2.46. The number of rotatable bonds is 2. The zero-order chi connectivity index (χ0) is 21.5. The maximum Gasteiger partial charge on any atom is 0.285 e. The van der Waals surface area contributed by atoms with Gasteiger partial charge in [0.25, 0.3) is 10.0 Å². The van der Waals surface area contributed by atoms with Crippen molar-refractivity contribution >= 4 is 27.5 Å². The van der Waals surface area contributed by atoms with E-state index in [0.717, 1.165) is 24.1 Å². The molecule has 0 radical (unpaired) electrons. The van der Waals surface area contributed by atoms with Crippen LogP contribution in [0.15, 0.2) is 57.8 Å². The van der Waals surface area contributed by atoms with Crippen LogP contribution in [0.5, 0.6) is 0 Å². The Balaban J connectivity index is 1.54. The predicted octanol–water partition coefficient (Wildman–Crippen LogP) is 3.78. The number of amidine groups is 1. The number of nitrogens with one attached hydrogen (secondary N) is 1. The first kappa shape index (κ1) is 20.6. The third-order valence-corrected chi connectivity index (χ3v) is 7.02. The molecule has 2 aliphatic rings. The Kier molecular flexibility index (Phi) is 5.18. The van der Waals surface area contributed by atoms with E-state index in [2.05, 4.69) is 30.5 Å². The summed E-state index contributed by atoms with van der Waals surface area (Å²) < 4.78 is 28.8. The summed E-state index contributed by atoms with van der Waals surface area (Å²) in [7, 11) is -3.67. The second kappa shape index (κ2) is 7.54. The van der Waals surface area contributed by atoms with Crippen LogP contribution in [0.25, 0.3) is 0 Å². The molecular formula is C23H27N3O3S. The Bertz CT molecular complexity index is 1120. The fraction of sp³-hybridized carbons (Fsp3) is 0.391. The number of likely N-dealkylation sites (tertiary alicyclic amines) is 1. The molecule has 2 aromatic carbocycles. The molecule has 6 nitrogen and oxygen atoms in total. The second-order valence-electron chi connectivity index (χ2n) is 8.96. The van der Waals surface area contributed by atoms with Gasteiger partial charge in [0.1, 0.15) is 4.90 Å². The van der Waals surface area contributed by atoms with Gasteiger partial charge in [0, 0.05) is 24.3 Å². The third-order valence-electron chi connectivity index (χ3n) is 5.70. The molecule has 0 aromatic heterocycles. The predicted molar refractivity (Wildman–Crippen MR) is 118 cm³/mol. The molecule has 1 unspecified atom stereocenters. The molecule has 7 heteroatoms. The normalized spacial score (nSPS) is 20.4. The van der Waals surface area contributed by atoms with E-state index in [1.165, 1.54) is 0 Å². The van der Waals surface area contributed by atoms with Gasteiger partial charge in [-0.15, -0.1) is 4.40 Å². The maximum atomic E-state index is 13.1. The SMILES string of the molecule is CC(C)(C)c1ccccc1NC(=O)C1CCCN(C2=NS(=O)(=O)c3ccccc32)C1. The molecule has 1 saturated heterocycles. The van der Waals surface area contributed by atoms with Crippen LogP contribution in [0.1, 0.15) is 44.7 Å². The average molecular weight is 426 g/mol. The highest BCUT2D eigenvalue weighted by atomic mass is 32.2. The van der Waals surface area contributed by atoms with Crippen molar-refractivity contribution in [3.05, 3.63) is 59.7 Å². The lowest BCUT2D eigenvalue weighted by atomic mass is 9.85. The standard InChI is InChI=1S/C23H27N3O3S/c1-23(2,3)18-11-5-6-12-19(18)24-22(27)16-9-8-14-26(15-16)21-17-10-4-7-13-20(17)30(28,29)25-21/h4-7,10-13,16H,8-9,14-15H2,1-3H3,(H,24,27). The van der Waals surface area contributed by atoms with Crippen molar-refractivity contribution in [2.75, 3.05) is 18.4 Å². The summed E-state index contributed by atoms with van der Waals surface area (Å²) in [6, 6.07) is 14.8. The molecule has 158 valence electrons. The fourth-order valence-electron chi connectivity index (χ4n) is 4.18. The average Bonchev–Trinajstić information content (AvgIpc) is 2.99. The van der Waals surface area contributed by atoms with Crippen molar-refractivity contribution in [1.82, 2.24) is 4.90 Å². The van der Waals surface area contributed by atoms with Crippen molar-refractivity contribution in [3.8, 4) is 0 Å². The van der Waals surface area contributed by atoms with E-state index in [4.69, 9.17) is 0 Å². The van der Waals surface area contributed by atoms with E-state index in [1.54, 1.807) is 18.2 Å². The van der Waals surface area contributed by atoms with Crippen LogP contribution in [0.2, 0.25) is 0 Å². The summed E-state index contributed by atoms with van der Waals surface area (Å²) in [4.78, 5) is 15.3. The van der Waals surface area contributed by atoms with Crippen LogP contribution in [-0.2, 0) is 20.2 Å². The number of hydrogen-bond acceptors (Lipinski definition) is 4. The number of carbonyl (C=O) groups excluding carboxylic acids is 1. The monoisotopic (exact) mass is 425 g/mol. The molecule has 2 heterocycles. The highest BCUT2D eigenvalue weighted by Crippen LogP contribution is 2.32. The number of sulfonamides is 1. The van der Waals surface area contributed by atoms with E-state index in [-0.39, 0.29) is 22.1 Å². The minimum atomic E-state index is -3.67. The molecule has 0 spiro atoms.